The predicted molar refractivity (Wildman–Crippen MR) is 57.9 cm³/mol. The number of nitrogens with two attached hydrogens (primary N) is 1. The van der Waals surface area contributed by atoms with Gasteiger partial charge in [-0.2, -0.15) is 5.10 Å². The largest absolute Gasteiger partial charge is 0.350 e. The van der Waals surface area contributed by atoms with Gasteiger partial charge in [0.15, 0.2) is 0 Å². The molecule has 0 aromatic carbocycles. The van der Waals surface area contributed by atoms with Crippen molar-refractivity contribution in [2.45, 2.75) is 19.9 Å². The highest BCUT2D eigenvalue weighted by molar-refractivity contribution is 5.78. The molecule has 15 heavy (non-hydrogen) atoms. The molecule has 0 radical (unpaired) electrons. The summed E-state index contributed by atoms with van der Waals surface area (Å²) in [7, 11) is 1.85. The molecular formula is C10H18N4O. The standard InChI is InChI=1S/C10H18N4O/c1-3-8(6-11)10(15)12-7-9-4-5-13-14(9)2/h4-5,8H,3,6-7,11H2,1-2H3,(H,12,15). The molecule has 0 aliphatic rings. The molecule has 84 valence electrons. The number of hydrogen-bond donors (Lipinski definition) is 2. The third-order valence-electron chi connectivity index (χ3n) is 2.51. The van der Waals surface area contributed by atoms with Crippen LogP contribution in [0.4, 0.5) is 0 Å². The lowest BCUT2D eigenvalue weighted by Gasteiger charge is -2.12. The second kappa shape index (κ2) is 5.50. The summed E-state index contributed by atoms with van der Waals surface area (Å²) in [6.07, 6.45) is 2.48. The summed E-state index contributed by atoms with van der Waals surface area (Å²) >= 11 is 0. The average molecular weight is 210 g/mol. The lowest BCUT2D eigenvalue weighted by atomic mass is 10.1. The van der Waals surface area contributed by atoms with Crippen molar-refractivity contribution in [1.82, 2.24) is 15.1 Å². The fourth-order valence-electron chi connectivity index (χ4n) is 1.36. The summed E-state index contributed by atoms with van der Waals surface area (Å²) < 4.78 is 1.74. The highest BCUT2D eigenvalue weighted by atomic mass is 16.1. The van der Waals surface area contributed by atoms with Gasteiger partial charge in [-0.05, 0) is 12.5 Å². The van der Waals surface area contributed by atoms with Crippen LogP contribution in [-0.4, -0.2) is 22.2 Å². The Morgan fingerprint density at radius 3 is 2.93 bits per heavy atom. The molecule has 0 spiro atoms. The molecule has 1 heterocycles. The topological polar surface area (TPSA) is 72.9 Å². The van der Waals surface area contributed by atoms with Crippen LogP contribution in [-0.2, 0) is 18.4 Å². The number of carbonyl (C=O) groups is 1. The third-order valence-corrected chi connectivity index (χ3v) is 2.51. The van der Waals surface area contributed by atoms with Crippen molar-refractivity contribution in [2.24, 2.45) is 18.7 Å². The van der Waals surface area contributed by atoms with Crippen molar-refractivity contribution >= 4 is 5.91 Å². The van der Waals surface area contributed by atoms with Crippen LogP contribution in [0.25, 0.3) is 0 Å². The summed E-state index contributed by atoms with van der Waals surface area (Å²) in [4.78, 5) is 11.6. The van der Waals surface area contributed by atoms with Gasteiger partial charge in [-0.25, -0.2) is 0 Å². The summed E-state index contributed by atoms with van der Waals surface area (Å²) in [5, 5.41) is 6.87. The number of nitrogens with one attached hydrogen (secondary N) is 1. The van der Waals surface area contributed by atoms with Crippen molar-refractivity contribution in [2.75, 3.05) is 6.54 Å². The van der Waals surface area contributed by atoms with Crippen molar-refractivity contribution in [1.29, 1.82) is 0 Å². The van der Waals surface area contributed by atoms with Crippen LogP contribution in [0, 0.1) is 5.92 Å². The van der Waals surface area contributed by atoms with E-state index in [9.17, 15) is 4.79 Å². The first-order valence-electron chi connectivity index (χ1n) is 5.13. The number of carbonyl (C=O) groups excluding carboxylic acids is 1. The molecule has 0 saturated carbocycles. The van der Waals surface area contributed by atoms with E-state index in [4.69, 9.17) is 5.73 Å². The van der Waals surface area contributed by atoms with Crippen LogP contribution in [0.3, 0.4) is 0 Å². The summed E-state index contributed by atoms with van der Waals surface area (Å²) in [5.74, 6) is -0.0700. The van der Waals surface area contributed by atoms with Crippen LogP contribution in [0.15, 0.2) is 12.3 Å². The smallest absolute Gasteiger partial charge is 0.224 e. The zero-order valence-corrected chi connectivity index (χ0v) is 9.23. The molecule has 0 aliphatic heterocycles. The Morgan fingerprint density at radius 2 is 2.47 bits per heavy atom. The van der Waals surface area contributed by atoms with Gasteiger partial charge in [0, 0.05) is 25.7 Å². The maximum absolute atomic E-state index is 11.6. The molecule has 1 aromatic heterocycles. The highest BCUT2D eigenvalue weighted by Gasteiger charge is 2.13. The lowest BCUT2D eigenvalue weighted by molar-refractivity contribution is -0.124. The molecule has 1 atom stereocenters. The van der Waals surface area contributed by atoms with Crippen LogP contribution in [0.1, 0.15) is 19.0 Å². The van der Waals surface area contributed by atoms with Gasteiger partial charge in [-0.3, -0.25) is 9.48 Å². The number of nitrogens with zero attached hydrogens (tertiary/aromatic N) is 2. The van der Waals surface area contributed by atoms with E-state index in [1.165, 1.54) is 0 Å². The Labute approximate surface area is 89.6 Å². The van der Waals surface area contributed by atoms with Crippen molar-refractivity contribution in [3.05, 3.63) is 18.0 Å². The molecule has 3 N–H and O–H groups in total. The van der Waals surface area contributed by atoms with Crippen LogP contribution in [0.2, 0.25) is 0 Å². The number of hydrogen-bond acceptors (Lipinski definition) is 3. The maximum atomic E-state index is 11.6. The molecule has 0 bridgehead atoms. The molecule has 0 saturated heterocycles. The quantitative estimate of drug-likeness (QED) is 0.719. The monoisotopic (exact) mass is 210 g/mol. The third kappa shape index (κ3) is 3.06. The summed E-state index contributed by atoms with van der Waals surface area (Å²) in [6.45, 7) is 2.86. The van der Waals surface area contributed by atoms with Gasteiger partial charge in [0.2, 0.25) is 5.91 Å². The van der Waals surface area contributed by atoms with Crippen molar-refractivity contribution in [3.8, 4) is 0 Å². The predicted octanol–water partition coefficient (Wildman–Crippen LogP) is 0.0212. The van der Waals surface area contributed by atoms with Crippen LogP contribution >= 0.6 is 0 Å². The average Bonchev–Trinajstić information content (AvgIpc) is 2.63. The van der Waals surface area contributed by atoms with Gasteiger partial charge >= 0.3 is 0 Å². The second-order valence-corrected chi connectivity index (χ2v) is 3.50. The number of aromatic nitrogens is 2. The van der Waals surface area contributed by atoms with E-state index in [-0.39, 0.29) is 11.8 Å². The molecule has 1 rings (SSSR count). The minimum Gasteiger partial charge on any atom is -0.350 e. The fraction of sp³-hybridized carbons (Fsp3) is 0.600. The van der Waals surface area contributed by atoms with Gasteiger partial charge in [0.05, 0.1) is 12.2 Å². The molecular weight excluding hydrogens is 192 g/mol. The Kier molecular flexibility index (Phi) is 4.30. The molecule has 1 aromatic rings. The highest BCUT2D eigenvalue weighted by Crippen LogP contribution is 2.01. The normalized spacial score (nSPS) is 12.5. The Bertz CT molecular complexity index is 317. The SMILES string of the molecule is CCC(CN)C(=O)NCc1ccnn1C. The first-order chi connectivity index (χ1) is 7.19. The van der Waals surface area contributed by atoms with Gasteiger partial charge in [0.25, 0.3) is 0 Å². The van der Waals surface area contributed by atoms with E-state index in [1.807, 2.05) is 20.0 Å². The van der Waals surface area contributed by atoms with E-state index in [0.717, 1.165) is 12.1 Å². The second-order valence-electron chi connectivity index (χ2n) is 3.50. The van der Waals surface area contributed by atoms with Crippen molar-refractivity contribution < 1.29 is 4.79 Å². The lowest BCUT2D eigenvalue weighted by Crippen LogP contribution is -2.34. The first kappa shape index (κ1) is 11.7. The molecule has 0 aliphatic carbocycles. The van der Waals surface area contributed by atoms with E-state index in [2.05, 4.69) is 10.4 Å². The number of amides is 1. The molecule has 5 heteroatoms. The van der Waals surface area contributed by atoms with E-state index >= 15 is 0 Å². The number of rotatable bonds is 5. The maximum Gasteiger partial charge on any atom is 0.224 e. The Balaban J connectivity index is 2.43. The molecule has 1 amide bonds. The molecule has 1 unspecified atom stereocenters. The van der Waals surface area contributed by atoms with E-state index in [0.29, 0.717) is 13.1 Å². The summed E-state index contributed by atoms with van der Waals surface area (Å²) in [6, 6.07) is 1.88. The minimum atomic E-state index is -0.0850. The van der Waals surface area contributed by atoms with E-state index < -0.39 is 0 Å². The van der Waals surface area contributed by atoms with Crippen LogP contribution in [0.5, 0.6) is 0 Å². The summed E-state index contributed by atoms with van der Waals surface area (Å²) in [5.41, 5.74) is 6.47. The Hall–Kier alpha value is -1.36. The van der Waals surface area contributed by atoms with Gasteiger partial charge in [-0.15, -0.1) is 0 Å². The van der Waals surface area contributed by atoms with Gasteiger partial charge < -0.3 is 11.1 Å². The fourth-order valence-corrected chi connectivity index (χ4v) is 1.36. The Morgan fingerprint density at radius 1 is 1.73 bits per heavy atom. The van der Waals surface area contributed by atoms with Gasteiger partial charge in [0.1, 0.15) is 0 Å². The van der Waals surface area contributed by atoms with Crippen LogP contribution < -0.4 is 11.1 Å². The first-order valence-corrected chi connectivity index (χ1v) is 5.13. The molecule has 5 nitrogen and oxygen atoms in total. The van der Waals surface area contributed by atoms with Crippen molar-refractivity contribution in [3.63, 3.8) is 0 Å². The minimum absolute atomic E-state index is 0.0150. The zero-order valence-electron chi connectivity index (χ0n) is 9.23. The number of aryl methyl sites for hydroxylation is 1. The van der Waals surface area contributed by atoms with Gasteiger partial charge in [-0.1, -0.05) is 6.92 Å². The molecule has 0 fully saturated rings. The van der Waals surface area contributed by atoms with E-state index in [1.54, 1.807) is 10.9 Å². The zero-order chi connectivity index (χ0) is 11.3.